The summed E-state index contributed by atoms with van der Waals surface area (Å²) in [6.45, 7) is 6.62. The second-order valence-corrected chi connectivity index (χ2v) is 7.21. The molecule has 2 aromatic carbocycles. The van der Waals surface area contributed by atoms with Crippen LogP contribution in [0.25, 0.3) is 10.8 Å². The van der Waals surface area contributed by atoms with Crippen molar-refractivity contribution in [2.75, 3.05) is 11.1 Å². The quantitative estimate of drug-likeness (QED) is 0.432. The molecule has 6 heteroatoms. The van der Waals surface area contributed by atoms with Crippen LogP contribution in [0.15, 0.2) is 60.3 Å². The van der Waals surface area contributed by atoms with E-state index < -0.39 is 0 Å². The maximum Gasteiger partial charge on any atom is 0.234 e. The molecule has 0 saturated heterocycles. The first kappa shape index (κ1) is 19.2. The minimum Gasteiger partial charge on any atom is -0.325 e. The van der Waals surface area contributed by atoms with Crippen LogP contribution in [0.3, 0.4) is 0 Å². The average Bonchev–Trinajstić information content (AvgIpc) is 3.07. The summed E-state index contributed by atoms with van der Waals surface area (Å²) in [7, 11) is 0. The third-order valence-electron chi connectivity index (χ3n) is 4.26. The molecule has 0 aliphatic carbocycles. The van der Waals surface area contributed by atoms with Crippen molar-refractivity contribution >= 4 is 34.1 Å². The minimum absolute atomic E-state index is 0.0559. The monoisotopic (exact) mass is 380 g/mol. The number of unbranched alkanes of at least 4 members (excludes halogenated alkanes) is 1. The summed E-state index contributed by atoms with van der Waals surface area (Å²) >= 11 is 1.40. The summed E-state index contributed by atoms with van der Waals surface area (Å²) in [5.74, 6) is 1.18. The lowest BCUT2D eigenvalue weighted by molar-refractivity contribution is -0.113. The standard InChI is InChI=1S/C21H24N4OS/c1-3-5-13-19-23-24-21(25(19)14-4-2)27-15-20(26)22-18-12-8-10-16-9-6-7-11-17(16)18/h4,6-12H,2-3,5,13-15H2,1H3,(H,22,26). The van der Waals surface area contributed by atoms with Gasteiger partial charge in [-0.15, -0.1) is 16.8 Å². The van der Waals surface area contributed by atoms with E-state index in [1.54, 1.807) is 0 Å². The van der Waals surface area contributed by atoms with E-state index in [2.05, 4.69) is 29.0 Å². The van der Waals surface area contributed by atoms with Gasteiger partial charge in [-0.25, -0.2) is 0 Å². The first-order valence-electron chi connectivity index (χ1n) is 9.16. The number of allylic oxidation sites excluding steroid dienone is 1. The van der Waals surface area contributed by atoms with Gasteiger partial charge in [-0.1, -0.05) is 67.6 Å². The third kappa shape index (κ3) is 4.77. The molecule has 27 heavy (non-hydrogen) atoms. The lowest BCUT2D eigenvalue weighted by atomic mass is 10.1. The second kappa shape index (κ2) is 9.37. The maximum absolute atomic E-state index is 12.5. The second-order valence-electron chi connectivity index (χ2n) is 6.27. The molecule has 0 aliphatic rings. The molecule has 0 bridgehead atoms. The van der Waals surface area contributed by atoms with Gasteiger partial charge in [0, 0.05) is 24.0 Å². The number of nitrogens with one attached hydrogen (secondary N) is 1. The van der Waals surface area contributed by atoms with Crippen molar-refractivity contribution in [3.8, 4) is 0 Å². The zero-order chi connectivity index (χ0) is 19.1. The van der Waals surface area contributed by atoms with Gasteiger partial charge in [0.05, 0.1) is 5.75 Å². The summed E-state index contributed by atoms with van der Waals surface area (Å²) in [4.78, 5) is 12.5. The third-order valence-corrected chi connectivity index (χ3v) is 5.22. The molecular formula is C21H24N4OS. The Morgan fingerprint density at radius 3 is 2.85 bits per heavy atom. The van der Waals surface area contributed by atoms with Gasteiger partial charge in [0.15, 0.2) is 5.16 Å². The minimum atomic E-state index is -0.0559. The van der Waals surface area contributed by atoms with Crippen LogP contribution in [-0.2, 0) is 17.8 Å². The first-order valence-corrected chi connectivity index (χ1v) is 10.1. The number of carbonyl (C=O) groups is 1. The fourth-order valence-electron chi connectivity index (χ4n) is 2.91. The molecule has 140 valence electrons. The number of carbonyl (C=O) groups excluding carboxylic acids is 1. The molecule has 0 radical (unpaired) electrons. The van der Waals surface area contributed by atoms with Gasteiger partial charge < -0.3 is 9.88 Å². The van der Waals surface area contributed by atoms with Crippen molar-refractivity contribution in [1.82, 2.24) is 14.8 Å². The van der Waals surface area contributed by atoms with Crippen molar-refractivity contribution in [3.63, 3.8) is 0 Å². The van der Waals surface area contributed by atoms with E-state index in [4.69, 9.17) is 0 Å². The number of aromatic nitrogens is 3. The Labute approximate surface area is 163 Å². The number of amides is 1. The van der Waals surface area contributed by atoms with Gasteiger partial charge in [0.1, 0.15) is 5.82 Å². The largest absolute Gasteiger partial charge is 0.325 e. The number of aryl methyl sites for hydroxylation is 1. The molecule has 3 rings (SSSR count). The van der Waals surface area contributed by atoms with E-state index in [-0.39, 0.29) is 11.7 Å². The van der Waals surface area contributed by atoms with Crippen molar-refractivity contribution in [2.45, 2.75) is 37.9 Å². The van der Waals surface area contributed by atoms with Crippen LogP contribution in [0, 0.1) is 0 Å². The number of hydrogen-bond donors (Lipinski definition) is 1. The molecule has 1 amide bonds. The summed E-state index contributed by atoms with van der Waals surface area (Å²) in [6.07, 6.45) is 4.90. The van der Waals surface area contributed by atoms with Crippen LogP contribution in [-0.4, -0.2) is 26.4 Å². The van der Waals surface area contributed by atoms with Crippen LogP contribution in [0.4, 0.5) is 5.69 Å². The number of nitrogens with zero attached hydrogens (tertiary/aromatic N) is 3. The Balaban J connectivity index is 1.67. The number of rotatable bonds is 9. The highest BCUT2D eigenvalue weighted by Crippen LogP contribution is 2.24. The molecule has 0 unspecified atom stereocenters. The highest BCUT2D eigenvalue weighted by Gasteiger charge is 2.13. The molecule has 1 N–H and O–H groups in total. The molecule has 0 saturated carbocycles. The number of anilines is 1. The lowest BCUT2D eigenvalue weighted by Gasteiger charge is -2.09. The molecule has 0 aliphatic heterocycles. The van der Waals surface area contributed by atoms with Crippen LogP contribution >= 0.6 is 11.8 Å². The van der Waals surface area contributed by atoms with E-state index in [1.807, 2.05) is 53.1 Å². The van der Waals surface area contributed by atoms with Gasteiger partial charge in [0.2, 0.25) is 5.91 Å². The Hall–Kier alpha value is -2.60. The predicted molar refractivity (Wildman–Crippen MR) is 112 cm³/mol. The molecule has 3 aromatic rings. The summed E-state index contributed by atoms with van der Waals surface area (Å²) in [6, 6.07) is 13.9. The zero-order valence-electron chi connectivity index (χ0n) is 15.5. The Kier molecular flexibility index (Phi) is 6.65. The van der Waals surface area contributed by atoms with Crippen LogP contribution in [0.5, 0.6) is 0 Å². The number of hydrogen-bond acceptors (Lipinski definition) is 4. The number of fused-ring (bicyclic) bond motifs is 1. The fourth-order valence-corrected chi connectivity index (χ4v) is 3.68. The summed E-state index contributed by atoms with van der Waals surface area (Å²) in [5, 5.41) is 14.5. The van der Waals surface area contributed by atoms with Crippen LogP contribution in [0.1, 0.15) is 25.6 Å². The average molecular weight is 381 g/mol. The molecule has 0 spiro atoms. The smallest absolute Gasteiger partial charge is 0.234 e. The van der Waals surface area contributed by atoms with E-state index in [9.17, 15) is 4.79 Å². The van der Waals surface area contributed by atoms with Crippen LogP contribution < -0.4 is 5.32 Å². The van der Waals surface area contributed by atoms with Gasteiger partial charge in [-0.2, -0.15) is 0 Å². The molecule has 1 aromatic heterocycles. The topological polar surface area (TPSA) is 59.8 Å². The Bertz CT molecular complexity index is 930. The van der Waals surface area contributed by atoms with Crippen molar-refractivity contribution in [1.29, 1.82) is 0 Å². The van der Waals surface area contributed by atoms with Crippen LogP contribution in [0.2, 0.25) is 0 Å². The molecule has 5 nitrogen and oxygen atoms in total. The molecule has 0 fully saturated rings. The Morgan fingerprint density at radius 1 is 1.22 bits per heavy atom. The normalized spacial score (nSPS) is 10.9. The van der Waals surface area contributed by atoms with E-state index in [0.29, 0.717) is 6.54 Å². The molecular weight excluding hydrogens is 356 g/mol. The highest BCUT2D eigenvalue weighted by molar-refractivity contribution is 7.99. The molecule has 1 heterocycles. The summed E-state index contributed by atoms with van der Waals surface area (Å²) in [5.41, 5.74) is 0.829. The van der Waals surface area contributed by atoms with Gasteiger partial charge in [-0.05, 0) is 17.9 Å². The SMILES string of the molecule is C=CCn1c(CCCC)nnc1SCC(=O)Nc1cccc2ccccc12. The van der Waals surface area contributed by atoms with Crippen molar-refractivity contribution < 1.29 is 4.79 Å². The van der Waals surface area contributed by atoms with Crippen molar-refractivity contribution in [3.05, 3.63) is 60.9 Å². The Morgan fingerprint density at radius 2 is 2.04 bits per heavy atom. The van der Waals surface area contributed by atoms with Gasteiger partial charge in [0.25, 0.3) is 0 Å². The van der Waals surface area contributed by atoms with Gasteiger partial charge in [-0.3, -0.25) is 4.79 Å². The van der Waals surface area contributed by atoms with E-state index in [1.165, 1.54) is 11.8 Å². The number of benzene rings is 2. The van der Waals surface area contributed by atoms with Crippen molar-refractivity contribution in [2.24, 2.45) is 0 Å². The zero-order valence-corrected chi connectivity index (χ0v) is 16.3. The van der Waals surface area contributed by atoms with E-state index in [0.717, 1.165) is 46.7 Å². The fraction of sp³-hybridized carbons (Fsp3) is 0.286. The van der Waals surface area contributed by atoms with Gasteiger partial charge >= 0.3 is 0 Å². The number of thioether (sulfide) groups is 1. The predicted octanol–water partition coefficient (Wildman–Crippen LogP) is 4.69. The molecule has 0 atom stereocenters. The maximum atomic E-state index is 12.5. The lowest BCUT2D eigenvalue weighted by Crippen LogP contribution is -2.15. The first-order chi connectivity index (χ1) is 13.2. The summed E-state index contributed by atoms with van der Waals surface area (Å²) < 4.78 is 2.04. The van der Waals surface area contributed by atoms with E-state index >= 15 is 0 Å². The highest BCUT2D eigenvalue weighted by atomic mass is 32.2.